The van der Waals surface area contributed by atoms with E-state index >= 15 is 0 Å². The molecule has 0 fully saturated rings. The van der Waals surface area contributed by atoms with Crippen molar-refractivity contribution in [3.8, 4) is 0 Å². The lowest BCUT2D eigenvalue weighted by molar-refractivity contribution is 0.433. The third-order valence-corrected chi connectivity index (χ3v) is 5.22. The van der Waals surface area contributed by atoms with Crippen LogP contribution in [0.3, 0.4) is 0 Å². The monoisotopic (exact) mass is 340 g/mol. The van der Waals surface area contributed by atoms with Gasteiger partial charge in [0.15, 0.2) is 0 Å². The first kappa shape index (κ1) is 16.8. The predicted octanol–water partition coefficient (Wildman–Crippen LogP) is 5.21. The molecule has 0 aliphatic carbocycles. The third-order valence-electron chi connectivity index (χ3n) is 5.22. The van der Waals surface area contributed by atoms with Gasteiger partial charge in [-0.15, -0.1) is 0 Å². The molecule has 2 heteroatoms. The third kappa shape index (κ3) is 3.10. The van der Waals surface area contributed by atoms with E-state index in [1.165, 1.54) is 32.7 Å². The SMILES string of the molecule is CN[C@H](c1ccc2ccccc2c1)[C@H](NC)c1ccc2ccccc2c1. The molecule has 0 heterocycles. The summed E-state index contributed by atoms with van der Waals surface area (Å²) in [5.74, 6) is 0. The van der Waals surface area contributed by atoms with Crippen molar-refractivity contribution in [2.24, 2.45) is 0 Å². The summed E-state index contributed by atoms with van der Waals surface area (Å²) in [4.78, 5) is 0. The van der Waals surface area contributed by atoms with Crippen LogP contribution in [0.4, 0.5) is 0 Å². The molecule has 130 valence electrons. The van der Waals surface area contributed by atoms with Crippen LogP contribution in [0.5, 0.6) is 0 Å². The van der Waals surface area contributed by atoms with Crippen LogP contribution in [0.2, 0.25) is 0 Å². The summed E-state index contributed by atoms with van der Waals surface area (Å²) in [5, 5.41) is 12.1. The Morgan fingerprint density at radius 2 is 0.885 bits per heavy atom. The zero-order valence-electron chi connectivity index (χ0n) is 15.2. The summed E-state index contributed by atoms with van der Waals surface area (Å²) in [7, 11) is 4.07. The quantitative estimate of drug-likeness (QED) is 0.521. The Balaban J connectivity index is 1.76. The van der Waals surface area contributed by atoms with Gasteiger partial charge in [0.25, 0.3) is 0 Å². The van der Waals surface area contributed by atoms with E-state index in [1.807, 2.05) is 14.1 Å². The minimum atomic E-state index is 0.186. The van der Waals surface area contributed by atoms with Crippen LogP contribution >= 0.6 is 0 Å². The smallest absolute Gasteiger partial charge is 0.0516 e. The number of hydrogen-bond donors (Lipinski definition) is 2. The number of fused-ring (bicyclic) bond motifs is 2. The Hall–Kier alpha value is -2.68. The van der Waals surface area contributed by atoms with Gasteiger partial charge in [0.05, 0.1) is 12.1 Å². The molecule has 0 aromatic heterocycles. The van der Waals surface area contributed by atoms with Crippen LogP contribution in [0, 0.1) is 0 Å². The van der Waals surface area contributed by atoms with Crippen LogP contribution < -0.4 is 10.6 Å². The van der Waals surface area contributed by atoms with Crippen LogP contribution in [-0.4, -0.2) is 14.1 Å². The molecule has 2 N–H and O–H groups in total. The van der Waals surface area contributed by atoms with Gasteiger partial charge in [-0.3, -0.25) is 0 Å². The Morgan fingerprint density at radius 1 is 0.500 bits per heavy atom. The maximum absolute atomic E-state index is 3.52. The van der Waals surface area contributed by atoms with Crippen LogP contribution in [0.15, 0.2) is 84.9 Å². The van der Waals surface area contributed by atoms with Crippen LogP contribution in [0.1, 0.15) is 23.2 Å². The van der Waals surface area contributed by atoms with Gasteiger partial charge in [-0.2, -0.15) is 0 Å². The molecular weight excluding hydrogens is 316 g/mol. The fourth-order valence-corrected chi connectivity index (χ4v) is 3.85. The van der Waals surface area contributed by atoms with Crippen molar-refractivity contribution in [3.05, 3.63) is 96.1 Å². The molecule has 4 aromatic carbocycles. The van der Waals surface area contributed by atoms with Gasteiger partial charge in [0.2, 0.25) is 0 Å². The molecule has 0 saturated heterocycles. The molecule has 2 atom stereocenters. The van der Waals surface area contributed by atoms with Crippen molar-refractivity contribution in [1.82, 2.24) is 10.6 Å². The highest BCUT2D eigenvalue weighted by Crippen LogP contribution is 2.31. The maximum Gasteiger partial charge on any atom is 0.0516 e. The molecule has 0 amide bonds. The first-order valence-electron chi connectivity index (χ1n) is 9.12. The zero-order valence-corrected chi connectivity index (χ0v) is 15.2. The van der Waals surface area contributed by atoms with Gasteiger partial charge in [0.1, 0.15) is 0 Å². The number of hydrogen-bond acceptors (Lipinski definition) is 2. The molecular formula is C24H24N2. The molecule has 0 aliphatic rings. The molecule has 0 bridgehead atoms. The summed E-state index contributed by atoms with van der Waals surface area (Å²) >= 11 is 0. The van der Waals surface area contributed by atoms with E-state index in [0.29, 0.717) is 0 Å². The summed E-state index contributed by atoms with van der Waals surface area (Å²) in [6.07, 6.45) is 0. The van der Waals surface area contributed by atoms with Crippen molar-refractivity contribution in [3.63, 3.8) is 0 Å². The van der Waals surface area contributed by atoms with E-state index in [4.69, 9.17) is 0 Å². The maximum atomic E-state index is 3.52. The minimum absolute atomic E-state index is 0.186. The van der Waals surface area contributed by atoms with E-state index in [0.717, 1.165) is 0 Å². The highest BCUT2D eigenvalue weighted by Gasteiger charge is 2.22. The average molecular weight is 340 g/mol. The Labute approximate surface area is 154 Å². The van der Waals surface area contributed by atoms with Crippen molar-refractivity contribution in [2.75, 3.05) is 14.1 Å². The second-order valence-corrected chi connectivity index (χ2v) is 6.75. The van der Waals surface area contributed by atoms with Gasteiger partial charge < -0.3 is 10.6 Å². The molecule has 0 saturated carbocycles. The largest absolute Gasteiger partial charge is 0.311 e. The van der Waals surface area contributed by atoms with E-state index in [1.54, 1.807) is 0 Å². The van der Waals surface area contributed by atoms with Gasteiger partial charge >= 0.3 is 0 Å². The molecule has 0 aliphatic heterocycles. The fourth-order valence-electron chi connectivity index (χ4n) is 3.85. The lowest BCUT2D eigenvalue weighted by atomic mass is 9.91. The molecule has 0 spiro atoms. The Morgan fingerprint density at radius 3 is 1.27 bits per heavy atom. The summed E-state index contributed by atoms with van der Waals surface area (Å²) < 4.78 is 0. The van der Waals surface area contributed by atoms with Crippen LogP contribution in [0.25, 0.3) is 21.5 Å². The van der Waals surface area contributed by atoms with Gasteiger partial charge in [0, 0.05) is 0 Å². The van der Waals surface area contributed by atoms with E-state index in [-0.39, 0.29) is 12.1 Å². The van der Waals surface area contributed by atoms with Gasteiger partial charge in [-0.05, 0) is 58.9 Å². The van der Waals surface area contributed by atoms with E-state index in [2.05, 4.69) is 95.6 Å². The minimum Gasteiger partial charge on any atom is -0.311 e. The standard InChI is InChI=1S/C24H24N2/c1-25-23(21-13-11-17-7-3-5-9-19(17)15-21)24(26-2)22-14-12-18-8-4-6-10-20(18)16-22/h3-16,23-26H,1-2H3/t23-,24-/m1/s1. The predicted molar refractivity (Wildman–Crippen MR) is 111 cm³/mol. The summed E-state index contributed by atoms with van der Waals surface area (Å²) in [5.41, 5.74) is 2.58. The Bertz CT molecular complexity index is 953. The highest BCUT2D eigenvalue weighted by atomic mass is 15.0. The molecule has 4 aromatic rings. The molecule has 4 rings (SSSR count). The second kappa shape index (κ2) is 7.28. The van der Waals surface area contributed by atoms with Crippen LogP contribution in [-0.2, 0) is 0 Å². The van der Waals surface area contributed by atoms with Crippen molar-refractivity contribution < 1.29 is 0 Å². The van der Waals surface area contributed by atoms with E-state index < -0.39 is 0 Å². The van der Waals surface area contributed by atoms with Gasteiger partial charge in [-0.25, -0.2) is 0 Å². The van der Waals surface area contributed by atoms with Crippen molar-refractivity contribution >= 4 is 21.5 Å². The zero-order chi connectivity index (χ0) is 17.9. The molecule has 0 unspecified atom stereocenters. The Kier molecular flexibility index (Phi) is 4.70. The number of rotatable bonds is 5. The van der Waals surface area contributed by atoms with E-state index in [9.17, 15) is 0 Å². The lowest BCUT2D eigenvalue weighted by Gasteiger charge is -2.28. The fraction of sp³-hybridized carbons (Fsp3) is 0.167. The number of benzene rings is 4. The molecule has 26 heavy (non-hydrogen) atoms. The number of nitrogens with one attached hydrogen (secondary N) is 2. The summed E-state index contributed by atoms with van der Waals surface area (Å²) in [6, 6.07) is 30.9. The molecule has 0 radical (unpaired) electrons. The average Bonchev–Trinajstić information content (AvgIpc) is 2.71. The van der Waals surface area contributed by atoms with Gasteiger partial charge in [-0.1, -0.05) is 72.8 Å². The normalized spacial score (nSPS) is 13.8. The topological polar surface area (TPSA) is 24.1 Å². The number of likely N-dealkylation sites (N-methyl/N-ethyl adjacent to an activating group) is 2. The molecule has 2 nitrogen and oxygen atoms in total. The highest BCUT2D eigenvalue weighted by molar-refractivity contribution is 5.84. The van der Waals surface area contributed by atoms with Crippen molar-refractivity contribution in [1.29, 1.82) is 0 Å². The first-order valence-corrected chi connectivity index (χ1v) is 9.12. The van der Waals surface area contributed by atoms with Crippen molar-refractivity contribution in [2.45, 2.75) is 12.1 Å². The first-order chi connectivity index (χ1) is 12.8. The second-order valence-electron chi connectivity index (χ2n) is 6.75. The summed E-state index contributed by atoms with van der Waals surface area (Å²) in [6.45, 7) is 0. The lowest BCUT2D eigenvalue weighted by Crippen LogP contribution is -2.31.